The molecule has 0 aliphatic heterocycles. The van der Waals surface area contributed by atoms with Crippen LogP contribution in [0.1, 0.15) is 19.3 Å². The Balaban J connectivity index is 1.63. The molecule has 30 heavy (non-hydrogen) atoms. The standard InChI is InChI=1S/C21H17N9/c1-29-20(13-25-28-29)15-7-17(16-3-2-6-24-18(16)8-15)19-12-26-30(27-19)21(4-5-22)9-14(10-21)11-23/h2-3,6-8,12-14H,4,9-10H2,1H3/t14-,21+. The molecule has 3 aromatic heterocycles. The maximum absolute atomic E-state index is 9.30. The van der Waals surface area contributed by atoms with Gasteiger partial charge >= 0.3 is 0 Å². The molecule has 5 rings (SSSR count). The van der Waals surface area contributed by atoms with Crippen LogP contribution >= 0.6 is 0 Å². The third kappa shape index (κ3) is 2.72. The van der Waals surface area contributed by atoms with Crippen LogP contribution in [0.4, 0.5) is 0 Å². The maximum Gasteiger partial charge on any atom is 0.113 e. The van der Waals surface area contributed by atoms with Gasteiger partial charge in [0, 0.05) is 29.8 Å². The van der Waals surface area contributed by atoms with Gasteiger partial charge in [0.25, 0.3) is 0 Å². The number of benzene rings is 1. The first-order chi connectivity index (χ1) is 14.6. The Hall–Kier alpha value is -4.11. The lowest BCUT2D eigenvalue weighted by molar-refractivity contribution is 0.0713. The monoisotopic (exact) mass is 395 g/mol. The van der Waals surface area contributed by atoms with Crippen molar-refractivity contribution in [2.24, 2.45) is 13.0 Å². The van der Waals surface area contributed by atoms with Gasteiger partial charge in [-0.3, -0.25) is 4.98 Å². The van der Waals surface area contributed by atoms with Crippen LogP contribution < -0.4 is 0 Å². The summed E-state index contributed by atoms with van der Waals surface area (Å²) in [6.45, 7) is 0. The molecule has 0 spiro atoms. The molecule has 9 heteroatoms. The smallest absolute Gasteiger partial charge is 0.113 e. The first kappa shape index (κ1) is 18.0. The van der Waals surface area contributed by atoms with E-state index < -0.39 is 5.54 Å². The summed E-state index contributed by atoms with van der Waals surface area (Å²) in [5.74, 6) is -0.0569. The number of hydrogen-bond acceptors (Lipinski definition) is 7. The van der Waals surface area contributed by atoms with E-state index in [1.807, 2.05) is 31.3 Å². The van der Waals surface area contributed by atoms with Crippen molar-refractivity contribution in [1.82, 2.24) is 35.0 Å². The van der Waals surface area contributed by atoms with Crippen LogP contribution in [0, 0.1) is 28.6 Å². The van der Waals surface area contributed by atoms with E-state index in [4.69, 9.17) is 5.10 Å². The summed E-state index contributed by atoms with van der Waals surface area (Å²) in [6, 6.07) is 12.4. The fourth-order valence-corrected chi connectivity index (χ4v) is 4.18. The van der Waals surface area contributed by atoms with Gasteiger partial charge < -0.3 is 0 Å². The Labute approximate surface area is 172 Å². The maximum atomic E-state index is 9.30. The SMILES string of the molecule is Cn1nncc1-c1cc(-c2cnn([C@]3(CC#N)C[C@H](C#N)C3)n2)c2cccnc2c1. The molecular formula is C21H17N9. The molecule has 0 bridgehead atoms. The average Bonchev–Trinajstić information content (AvgIpc) is 3.39. The van der Waals surface area contributed by atoms with Crippen LogP contribution in [0.25, 0.3) is 33.4 Å². The summed E-state index contributed by atoms with van der Waals surface area (Å²) in [6.07, 6.45) is 6.65. The Bertz CT molecular complexity index is 1330. The molecule has 0 saturated heterocycles. The predicted molar refractivity (Wildman–Crippen MR) is 107 cm³/mol. The lowest BCUT2D eigenvalue weighted by Crippen LogP contribution is -2.47. The van der Waals surface area contributed by atoms with Gasteiger partial charge in [0.1, 0.15) is 5.69 Å². The fourth-order valence-electron chi connectivity index (χ4n) is 4.18. The number of rotatable bonds is 4. The van der Waals surface area contributed by atoms with Crippen molar-refractivity contribution < 1.29 is 0 Å². The molecule has 1 saturated carbocycles. The molecule has 1 aliphatic carbocycles. The zero-order chi connectivity index (χ0) is 20.7. The zero-order valence-corrected chi connectivity index (χ0v) is 16.3. The lowest BCUT2D eigenvalue weighted by Gasteiger charge is -2.42. The number of aryl methyl sites for hydroxylation is 1. The molecule has 0 radical (unpaired) electrons. The summed E-state index contributed by atoms with van der Waals surface area (Å²) in [7, 11) is 1.84. The molecule has 0 unspecified atom stereocenters. The third-order valence-corrected chi connectivity index (χ3v) is 5.77. The van der Waals surface area contributed by atoms with E-state index in [1.54, 1.807) is 28.1 Å². The van der Waals surface area contributed by atoms with Crippen molar-refractivity contribution in [1.29, 1.82) is 10.5 Å². The van der Waals surface area contributed by atoms with Crippen LogP contribution in [0.2, 0.25) is 0 Å². The molecule has 0 atom stereocenters. The van der Waals surface area contributed by atoms with E-state index in [0.717, 1.165) is 27.7 Å². The highest BCUT2D eigenvalue weighted by Crippen LogP contribution is 2.45. The van der Waals surface area contributed by atoms with Crippen LogP contribution in [0.3, 0.4) is 0 Å². The third-order valence-electron chi connectivity index (χ3n) is 5.77. The quantitative estimate of drug-likeness (QED) is 0.520. The molecule has 3 heterocycles. The highest BCUT2D eigenvalue weighted by molar-refractivity contribution is 5.96. The molecule has 9 nitrogen and oxygen atoms in total. The second-order valence-corrected chi connectivity index (χ2v) is 7.65. The summed E-state index contributed by atoms with van der Waals surface area (Å²) in [5.41, 5.74) is 3.71. The number of nitriles is 2. The van der Waals surface area contributed by atoms with Crippen molar-refractivity contribution in [2.45, 2.75) is 24.8 Å². The Morgan fingerprint density at radius 2 is 2.10 bits per heavy atom. The topological polar surface area (TPSA) is 122 Å². The molecule has 1 aromatic carbocycles. The van der Waals surface area contributed by atoms with Gasteiger partial charge in [-0.25, -0.2) is 4.68 Å². The summed E-state index contributed by atoms with van der Waals surface area (Å²) < 4.78 is 1.71. The highest BCUT2D eigenvalue weighted by Gasteiger charge is 2.48. The van der Waals surface area contributed by atoms with E-state index in [9.17, 15) is 10.5 Å². The molecule has 0 N–H and O–H groups in total. The van der Waals surface area contributed by atoms with Gasteiger partial charge in [0.2, 0.25) is 0 Å². The summed E-state index contributed by atoms with van der Waals surface area (Å²) in [5, 5.41) is 36.7. The van der Waals surface area contributed by atoms with E-state index >= 15 is 0 Å². The minimum Gasteiger partial charge on any atom is -0.256 e. The molecule has 0 amide bonds. The first-order valence-electron chi connectivity index (χ1n) is 9.57. The van der Waals surface area contributed by atoms with Crippen molar-refractivity contribution in [3.63, 3.8) is 0 Å². The number of aromatic nitrogens is 7. The minimum absolute atomic E-state index is 0.0569. The summed E-state index contributed by atoms with van der Waals surface area (Å²) in [4.78, 5) is 6.14. The number of hydrogen-bond donors (Lipinski definition) is 0. The van der Waals surface area contributed by atoms with Crippen LogP contribution in [-0.4, -0.2) is 35.0 Å². The number of pyridine rings is 1. The van der Waals surface area contributed by atoms with E-state index in [-0.39, 0.29) is 12.3 Å². The van der Waals surface area contributed by atoms with Crippen LogP contribution in [-0.2, 0) is 12.6 Å². The van der Waals surface area contributed by atoms with Crippen LogP contribution in [0.5, 0.6) is 0 Å². The van der Waals surface area contributed by atoms with E-state index in [1.165, 1.54) is 0 Å². The average molecular weight is 395 g/mol. The largest absolute Gasteiger partial charge is 0.256 e. The van der Waals surface area contributed by atoms with Crippen molar-refractivity contribution in [3.05, 3.63) is 42.9 Å². The normalized spacial score (nSPS) is 20.4. The number of fused-ring (bicyclic) bond motifs is 1. The van der Waals surface area contributed by atoms with E-state index in [0.29, 0.717) is 18.5 Å². The molecule has 146 valence electrons. The molecule has 1 aliphatic rings. The summed E-state index contributed by atoms with van der Waals surface area (Å²) >= 11 is 0. The van der Waals surface area contributed by atoms with E-state index in [2.05, 4.69) is 32.5 Å². The Morgan fingerprint density at radius 1 is 1.23 bits per heavy atom. The first-order valence-corrected chi connectivity index (χ1v) is 9.57. The van der Waals surface area contributed by atoms with Gasteiger partial charge in [0.15, 0.2) is 0 Å². The van der Waals surface area contributed by atoms with Crippen molar-refractivity contribution >= 4 is 10.9 Å². The van der Waals surface area contributed by atoms with Crippen molar-refractivity contribution in [2.75, 3.05) is 0 Å². The number of nitrogens with zero attached hydrogens (tertiary/aromatic N) is 9. The zero-order valence-electron chi connectivity index (χ0n) is 16.3. The van der Waals surface area contributed by atoms with Crippen LogP contribution in [0.15, 0.2) is 42.9 Å². The Kier molecular flexibility index (Phi) is 4.04. The molecule has 4 aromatic rings. The second-order valence-electron chi connectivity index (χ2n) is 7.65. The Morgan fingerprint density at radius 3 is 2.83 bits per heavy atom. The second kappa shape index (κ2) is 6.75. The molecular weight excluding hydrogens is 378 g/mol. The lowest BCUT2D eigenvalue weighted by atomic mass is 9.68. The van der Waals surface area contributed by atoms with Crippen molar-refractivity contribution in [3.8, 4) is 34.7 Å². The minimum atomic E-state index is -0.509. The van der Waals surface area contributed by atoms with Gasteiger partial charge in [-0.05, 0) is 31.0 Å². The van der Waals surface area contributed by atoms with Gasteiger partial charge in [-0.15, -0.1) is 5.10 Å². The predicted octanol–water partition coefficient (Wildman–Crippen LogP) is 2.83. The molecule has 1 fully saturated rings. The van der Waals surface area contributed by atoms with Gasteiger partial charge in [-0.2, -0.15) is 25.5 Å². The van der Waals surface area contributed by atoms with Gasteiger partial charge in [-0.1, -0.05) is 11.3 Å². The van der Waals surface area contributed by atoms with Gasteiger partial charge in [0.05, 0.1) is 53.6 Å². The fraction of sp³-hybridized carbons (Fsp3) is 0.286. The highest BCUT2D eigenvalue weighted by atomic mass is 15.5.